The minimum atomic E-state index is -3.57. The van der Waals surface area contributed by atoms with Crippen molar-refractivity contribution < 1.29 is 17.9 Å². The maximum atomic E-state index is 12.5. The van der Waals surface area contributed by atoms with Crippen LogP contribution in [0, 0.1) is 17.8 Å². The SMILES string of the molecule is COc1ccc(S(=O)(=O)NC2CC2)cc1NC(=O)CC1CC2CCC1C2. The van der Waals surface area contributed by atoms with Crippen molar-refractivity contribution in [3.05, 3.63) is 18.2 Å². The van der Waals surface area contributed by atoms with E-state index in [-0.39, 0.29) is 16.8 Å². The van der Waals surface area contributed by atoms with Crippen LogP contribution in [0.3, 0.4) is 0 Å². The summed E-state index contributed by atoms with van der Waals surface area (Å²) in [6.45, 7) is 0. The Morgan fingerprint density at radius 1 is 1.19 bits per heavy atom. The third-order valence-electron chi connectivity index (χ3n) is 5.99. The first-order chi connectivity index (χ1) is 12.4. The van der Waals surface area contributed by atoms with Crippen molar-refractivity contribution in [2.24, 2.45) is 17.8 Å². The summed E-state index contributed by atoms with van der Waals surface area (Å²) in [6.07, 6.45) is 7.22. The number of rotatable bonds is 7. The molecule has 0 saturated heterocycles. The molecule has 0 aromatic heterocycles. The molecule has 3 atom stereocenters. The summed E-state index contributed by atoms with van der Waals surface area (Å²) in [7, 11) is -2.06. The number of ether oxygens (including phenoxy) is 1. The summed E-state index contributed by atoms with van der Waals surface area (Å²) in [5, 5.41) is 2.87. The number of benzene rings is 1. The van der Waals surface area contributed by atoms with Gasteiger partial charge in [-0.15, -0.1) is 0 Å². The number of hydrogen-bond acceptors (Lipinski definition) is 4. The summed E-state index contributed by atoms with van der Waals surface area (Å²) < 4.78 is 32.8. The lowest BCUT2D eigenvalue weighted by Crippen LogP contribution is -2.26. The molecule has 7 heteroatoms. The Morgan fingerprint density at radius 3 is 2.62 bits per heavy atom. The Kier molecular flexibility index (Phi) is 4.69. The average molecular weight is 378 g/mol. The average Bonchev–Trinajstić information content (AvgIpc) is 3.15. The van der Waals surface area contributed by atoms with E-state index in [2.05, 4.69) is 10.0 Å². The number of methoxy groups -OCH3 is 1. The van der Waals surface area contributed by atoms with Crippen molar-refractivity contribution in [1.82, 2.24) is 4.72 Å². The summed E-state index contributed by atoms with van der Waals surface area (Å²) in [4.78, 5) is 12.7. The third-order valence-corrected chi connectivity index (χ3v) is 7.50. The smallest absolute Gasteiger partial charge is 0.240 e. The van der Waals surface area contributed by atoms with Crippen LogP contribution in [0.25, 0.3) is 0 Å². The fraction of sp³-hybridized carbons (Fsp3) is 0.632. The Morgan fingerprint density at radius 2 is 2.00 bits per heavy atom. The molecule has 0 heterocycles. The van der Waals surface area contributed by atoms with Crippen molar-refractivity contribution >= 4 is 21.6 Å². The summed E-state index contributed by atoms with van der Waals surface area (Å²) in [5.41, 5.74) is 0.416. The van der Waals surface area contributed by atoms with E-state index in [0.29, 0.717) is 29.7 Å². The van der Waals surface area contributed by atoms with Gasteiger partial charge < -0.3 is 10.1 Å². The molecule has 3 saturated carbocycles. The maximum absolute atomic E-state index is 12.5. The monoisotopic (exact) mass is 378 g/mol. The molecule has 2 N–H and O–H groups in total. The Labute approximate surface area is 154 Å². The number of fused-ring (bicyclic) bond motifs is 2. The van der Waals surface area contributed by atoms with Crippen LogP contribution >= 0.6 is 0 Å². The molecular formula is C19H26N2O4S. The Balaban J connectivity index is 1.47. The van der Waals surface area contributed by atoms with Gasteiger partial charge in [0.2, 0.25) is 15.9 Å². The fourth-order valence-corrected chi connectivity index (χ4v) is 5.84. The van der Waals surface area contributed by atoms with E-state index in [9.17, 15) is 13.2 Å². The van der Waals surface area contributed by atoms with E-state index in [4.69, 9.17) is 4.74 Å². The van der Waals surface area contributed by atoms with Crippen LogP contribution in [-0.2, 0) is 14.8 Å². The molecule has 0 radical (unpaired) electrons. The predicted molar refractivity (Wildman–Crippen MR) is 98.5 cm³/mol. The summed E-state index contributed by atoms with van der Waals surface area (Å²) in [6, 6.07) is 4.63. The molecule has 3 aliphatic rings. The van der Waals surface area contributed by atoms with Crippen LogP contribution in [-0.4, -0.2) is 27.5 Å². The first kappa shape index (κ1) is 17.8. The van der Waals surface area contributed by atoms with Crippen molar-refractivity contribution in [1.29, 1.82) is 0 Å². The summed E-state index contributed by atoms with van der Waals surface area (Å²) in [5.74, 6) is 2.35. The molecule has 1 aromatic rings. The second kappa shape index (κ2) is 6.85. The number of anilines is 1. The van der Waals surface area contributed by atoms with Crippen LogP contribution in [0.15, 0.2) is 23.1 Å². The van der Waals surface area contributed by atoms with E-state index in [1.165, 1.54) is 38.5 Å². The number of carbonyl (C=O) groups excluding carboxylic acids is 1. The van der Waals surface area contributed by atoms with Gasteiger partial charge in [0, 0.05) is 12.5 Å². The van der Waals surface area contributed by atoms with E-state index in [0.717, 1.165) is 25.2 Å². The molecule has 1 amide bonds. The Hall–Kier alpha value is -1.60. The van der Waals surface area contributed by atoms with Crippen LogP contribution < -0.4 is 14.8 Å². The highest BCUT2D eigenvalue weighted by Gasteiger charge is 2.40. The number of sulfonamides is 1. The second-order valence-electron chi connectivity index (χ2n) is 7.94. The van der Waals surface area contributed by atoms with Crippen molar-refractivity contribution in [3.8, 4) is 5.75 Å². The Bertz CT molecular complexity index is 804. The van der Waals surface area contributed by atoms with E-state index < -0.39 is 10.0 Å². The predicted octanol–water partition coefficient (Wildman–Crippen LogP) is 2.90. The second-order valence-corrected chi connectivity index (χ2v) is 9.66. The molecule has 0 aliphatic heterocycles. The van der Waals surface area contributed by atoms with Gasteiger partial charge in [-0.3, -0.25) is 4.79 Å². The van der Waals surface area contributed by atoms with Crippen LogP contribution in [0.2, 0.25) is 0 Å². The van der Waals surface area contributed by atoms with Crippen molar-refractivity contribution in [2.75, 3.05) is 12.4 Å². The molecule has 0 spiro atoms. The highest BCUT2D eigenvalue weighted by molar-refractivity contribution is 7.89. The third kappa shape index (κ3) is 3.74. The van der Waals surface area contributed by atoms with E-state index >= 15 is 0 Å². The molecule has 6 nitrogen and oxygen atoms in total. The van der Waals surface area contributed by atoms with Crippen LogP contribution in [0.5, 0.6) is 5.75 Å². The van der Waals surface area contributed by atoms with Gasteiger partial charge in [0.05, 0.1) is 17.7 Å². The molecule has 4 rings (SSSR count). The number of hydrogen-bond donors (Lipinski definition) is 2. The number of carbonyl (C=O) groups is 1. The van der Waals surface area contributed by atoms with E-state index in [1.807, 2.05) is 0 Å². The lowest BCUT2D eigenvalue weighted by Gasteiger charge is -2.21. The van der Waals surface area contributed by atoms with Crippen LogP contribution in [0.4, 0.5) is 5.69 Å². The standard InChI is InChI=1S/C19H26N2O4S/c1-25-18-7-6-16(26(23,24)21-15-4-5-15)11-17(18)20-19(22)10-14-9-12-2-3-13(14)8-12/h6-7,11-15,21H,2-5,8-10H2,1H3,(H,20,22). The zero-order valence-electron chi connectivity index (χ0n) is 15.0. The van der Waals surface area contributed by atoms with Gasteiger partial charge in [0.1, 0.15) is 5.75 Å². The molecule has 3 aliphatic carbocycles. The molecule has 1 aromatic carbocycles. The first-order valence-electron chi connectivity index (χ1n) is 9.45. The quantitative estimate of drug-likeness (QED) is 0.764. The largest absolute Gasteiger partial charge is 0.495 e. The van der Waals surface area contributed by atoms with Gasteiger partial charge in [0.25, 0.3) is 0 Å². The zero-order chi connectivity index (χ0) is 18.3. The highest BCUT2D eigenvalue weighted by atomic mass is 32.2. The molecule has 3 unspecified atom stereocenters. The minimum absolute atomic E-state index is 0.0398. The highest BCUT2D eigenvalue weighted by Crippen LogP contribution is 2.49. The van der Waals surface area contributed by atoms with Crippen LogP contribution in [0.1, 0.15) is 44.9 Å². The van der Waals surface area contributed by atoms with E-state index in [1.54, 1.807) is 6.07 Å². The molecular weight excluding hydrogens is 352 g/mol. The van der Waals surface area contributed by atoms with Gasteiger partial charge in [-0.25, -0.2) is 13.1 Å². The lowest BCUT2D eigenvalue weighted by atomic mass is 9.86. The number of nitrogens with one attached hydrogen (secondary N) is 2. The molecule has 26 heavy (non-hydrogen) atoms. The van der Waals surface area contributed by atoms with Gasteiger partial charge in [-0.2, -0.15) is 0 Å². The topological polar surface area (TPSA) is 84.5 Å². The van der Waals surface area contributed by atoms with Crippen molar-refractivity contribution in [2.45, 2.75) is 55.9 Å². The van der Waals surface area contributed by atoms with Gasteiger partial charge in [-0.1, -0.05) is 6.42 Å². The van der Waals surface area contributed by atoms with Crippen molar-refractivity contribution in [3.63, 3.8) is 0 Å². The normalized spacial score (nSPS) is 27.5. The molecule has 3 fully saturated rings. The molecule has 142 valence electrons. The first-order valence-corrected chi connectivity index (χ1v) is 10.9. The number of amides is 1. The minimum Gasteiger partial charge on any atom is -0.495 e. The van der Waals surface area contributed by atoms with Gasteiger partial charge >= 0.3 is 0 Å². The molecule has 2 bridgehead atoms. The summed E-state index contributed by atoms with van der Waals surface area (Å²) >= 11 is 0. The lowest BCUT2D eigenvalue weighted by molar-refractivity contribution is -0.117. The van der Waals surface area contributed by atoms with Gasteiger partial charge in [0.15, 0.2) is 0 Å². The fourth-order valence-electron chi connectivity index (χ4n) is 4.51. The van der Waals surface area contributed by atoms with Gasteiger partial charge in [-0.05, 0) is 68.1 Å². The zero-order valence-corrected chi connectivity index (χ0v) is 15.8. The maximum Gasteiger partial charge on any atom is 0.240 e.